The fourth-order valence-corrected chi connectivity index (χ4v) is 10.4. The summed E-state index contributed by atoms with van der Waals surface area (Å²) in [6.45, 7) is 19.4. The van der Waals surface area contributed by atoms with Gasteiger partial charge in [0.25, 0.3) is 0 Å². The topological polar surface area (TPSA) is 230 Å². The lowest BCUT2D eigenvalue weighted by Crippen LogP contribution is -2.55. The molecular formula is C57H77F2N7O12. The van der Waals surface area contributed by atoms with Crippen molar-refractivity contribution in [3.63, 3.8) is 0 Å². The van der Waals surface area contributed by atoms with E-state index >= 15 is 8.78 Å². The van der Waals surface area contributed by atoms with Crippen LogP contribution in [-0.2, 0) is 60.6 Å². The van der Waals surface area contributed by atoms with Gasteiger partial charge in [-0.2, -0.15) is 0 Å². The number of nitrogens with zero attached hydrogens (tertiary/aromatic N) is 4. The van der Waals surface area contributed by atoms with Gasteiger partial charge in [-0.1, -0.05) is 13.8 Å². The van der Waals surface area contributed by atoms with Crippen LogP contribution < -0.4 is 5.32 Å². The average molecular weight is 1090 g/mol. The predicted octanol–water partition coefficient (Wildman–Crippen LogP) is 8.14. The lowest BCUT2D eigenvalue weighted by Gasteiger charge is -2.31. The number of fused-ring (bicyclic) bond motifs is 2. The van der Waals surface area contributed by atoms with Crippen LogP contribution in [0.25, 0.3) is 33.2 Å². The van der Waals surface area contributed by atoms with Crippen LogP contribution in [0.4, 0.5) is 18.4 Å². The minimum Gasteiger partial charge on any atom is -0.461 e. The van der Waals surface area contributed by atoms with Crippen molar-refractivity contribution in [2.24, 2.45) is 5.92 Å². The van der Waals surface area contributed by atoms with Crippen LogP contribution in [0.5, 0.6) is 0 Å². The summed E-state index contributed by atoms with van der Waals surface area (Å²) in [6, 6.07) is 4.26. The Labute approximate surface area is 454 Å². The van der Waals surface area contributed by atoms with Crippen molar-refractivity contribution in [2.75, 3.05) is 27.2 Å². The third-order valence-electron chi connectivity index (χ3n) is 14.5. The first-order valence-electron chi connectivity index (χ1n) is 26.7. The molecule has 5 amide bonds. The first-order chi connectivity index (χ1) is 36.4. The third kappa shape index (κ3) is 14.3. The van der Waals surface area contributed by atoms with E-state index in [0.717, 1.165) is 4.90 Å². The van der Waals surface area contributed by atoms with Crippen molar-refractivity contribution < 1.29 is 66.1 Å². The third-order valence-corrected chi connectivity index (χ3v) is 14.5. The van der Waals surface area contributed by atoms with Crippen molar-refractivity contribution in [1.82, 2.24) is 34.9 Å². The van der Waals surface area contributed by atoms with E-state index in [0.29, 0.717) is 44.3 Å². The number of Topliss-reactive ketones (excluding diaryl/α,β-unsaturated/α-hetero) is 1. The molecule has 0 aliphatic carbocycles. The molecule has 21 heteroatoms. The van der Waals surface area contributed by atoms with Crippen LogP contribution in [-0.4, -0.2) is 158 Å². The lowest BCUT2D eigenvalue weighted by molar-refractivity contribution is -0.147. The highest BCUT2D eigenvalue weighted by Crippen LogP contribution is 2.41. The van der Waals surface area contributed by atoms with E-state index in [-0.39, 0.29) is 69.7 Å². The second-order valence-corrected chi connectivity index (χ2v) is 22.7. The maximum absolute atomic E-state index is 15.2. The molecule has 19 nitrogen and oxygen atoms in total. The predicted molar refractivity (Wildman–Crippen MR) is 287 cm³/mol. The summed E-state index contributed by atoms with van der Waals surface area (Å²) in [5.74, 6) is -4.75. The molecule has 78 heavy (non-hydrogen) atoms. The fourth-order valence-electron chi connectivity index (χ4n) is 10.4. The van der Waals surface area contributed by atoms with E-state index in [1.165, 1.54) is 64.0 Å². The Bertz CT molecular complexity index is 2730. The normalized spacial score (nSPS) is 19.2. The highest BCUT2D eigenvalue weighted by Gasteiger charge is 2.43. The summed E-state index contributed by atoms with van der Waals surface area (Å²) >= 11 is 0. The Morgan fingerprint density at radius 2 is 1.09 bits per heavy atom. The lowest BCUT2D eigenvalue weighted by atomic mass is 9.93. The van der Waals surface area contributed by atoms with Crippen LogP contribution in [0.15, 0.2) is 36.4 Å². The Balaban J connectivity index is 1.38. The van der Waals surface area contributed by atoms with Gasteiger partial charge in [-0.3, -0.25) is 33.7 Å². The molecule has 3 N–H and O–H groups in total. The number of carbonyl (C=O) groups is 8. The highest BCUT2D eigenvalue weighted by atomic mass is 19.1. The standard InChI is InChI=1S/C57H77F2N7O12/c1-15-34(21-48(69)30(3)63(13)54(73)77-56(7,8)9)52(71)65-28-39(75-32(5)67)24-37(65)26-43-41-19-17-35(58)22-46(41)60-49(43)50-44(42-20-18-36(59)23-47(42)61-50)27-38-25-40(76-33(6)68)29-66(38)53(72)45(16-2)62-51(70)31(4)64(14)55(74)78-57(10,11)12/h17-20,22-23,30-31,34,37-40,45,60-61H,15-16,21,24-29H2,1-14H3,(H,62,70)/t30-,31-,34+,37?,38-,39-,40-,45-/m0/s1. The van der Waals surface area contributed by atoms with E-state index in [4.69, 9.17) is 18.9 Å². The Kier molecular flexibility index (Phi) is 18.8. The molecule has 0 bridgehead atoms. The number of ketones is 1. The van der Waals surface area contributed by atoms with Crippen LogP contribution in [0.1, 0.15) is 126 Å². The second kappa shape index (κ2) is 24.3. The summed E-state index contributed by atoms with van der Waals surface area (Å²) in [7, 11) is 2.89. The zero-order chi connectivity index (χ0) is 57.9. The second-order valence-electron chi connectivity index (χ2n) is 22.7. The molecule has 6 rings (SSSR count). The van der Waals surface area contributed by atoms with Gasteiger partial charge in [-0.15, -0.1) is 0 Å². The van der Waals surface area contributed by atoms with E-state index in [9.17, 15) is 38.4 Å². The summed E-state index contributed by atoms with van der Waals surface area (Å²) < 4.78 is 52.7. The number of H-pyrrole nitrogens is 2. The molecule has 2 fully saturated rings. The van der Waals surface area contributed by atoms with Gasteiger partial charge in [0, 0.05) is 87.0 Å². The van der Waals surface area contributed by atoms with Crippen molar-refractivity contribution in [1.29, 1.82) is 0 Å². The van der Waals surface area contributed by atoms with Gasteiger partial charge in [0.1, 0.15) is 47.1 Å². The Morgan fingerprint density at radius 1 is 0.667 bits per heavy atom. The SMILES string of the molecule is CC[C@H](CC(=O)[C@H](C)N(C)C(=O)OC(C)(C)C)C(=O)N1C[C@@H](OC(C)=O)CC1Cc1c(-c2[nH]c3cc(F)ccc3c2C[C@@H]2C[C@H](OC(C)=O)CN2C(=O)[C@H](CC)NC(=O)[C@H](C)N(C)C(=O)OC(C)(C)C)[nH]c2cc(F)ccc12. The number of amides is 5. The van der Waals surface area contributed by atoms with Crippen LogP contribution in [0.2, 0.25) is 0 Å². The molecular weight excluding hydrogens is 1010 g/mol. The van der Waals surface area contributed by atoms with E-state index in [1.807, 2.05) is 0 Å². The summed E-state index contributed by atoms with van der Waals surface area (Å²) in [6.07, 6.45) is -1.93. The van der Waals surface area contributed by atoms with E-state index in [1.54, 1.807) is 84.2 Å². The molecule has 0 spiro atoms. The molecule has 0 saturated carbocycles. The van der Waals surface area contributed by atoms with E-state index < -0.39 is 107 Å². The van der Waals surface area contributed by atoms with Gasteiger partial charge < -0.3 is 48.9 Å². The first kappa shape index (κ1) is 60.2. The smallest absolute Gasteiger partial charge is 0.410 e. The molecule has 0 radical (unpaired) electrons. The van der Waals surface area contributed by atoms with Crippen molar-refractivity contribution in [2.45, 2.75) is 182 Å². The molecule has 2 aliphatic heterocycles. The van der Waals surface area contributed by atoms with Gasteiger partial charge in [0.2, 0.25) is 17.7 Å². The number of nitrogens with one attached hydrogen (secondary N) is 3. The largest absolute Gasteiger partial charge is 0.461 e. The van der Waals surface area contributed by atoms with Gasteiger partial charge >= 0.3 is 24.1 Å². The number of aromatic nitrogens is 2. The molecule has 8 atom stereocenters. The molecule has 2 saturated heterocycles. The molecule has 4 aromatic rings. The molecule has 2 aliphatic rings. The number of ether oxygens (including phenoxy) is 4. The number of likely N-dealkylation sites (N-methyl/N-ethyl adjacent to an activating group) is 2. The van der Waals surface area contributed by atoms with Crippen molar-refractivity contribution >= 4 is 69.4 Å². The molecule has 2 aromatic heterocycles. The monoisotopic (exact) mass is 1090 g/mol. The molecule has 1 unspecified atom stereocenters. The number of halogens is 2. The number of esters is 2. The quantitative estimate of drug-likeness (QED) is 0.0634. The number of hydrogen-bond acceptors (Lipinski definition) is 12. The van der Waals surface area contributed by atoms with Crippen molar-refractivity contribution in [3.05, 3.63) is 59.2 Å². The highest BCUT2D eigenvalue weighted by molar-refractivity contribution is 5.97. The number of hydrogen-bond donors (Lipinski definition) is 3. The number of carbonyl (C=O) groups excluding carboxylic acids is 8. The maximum atomic E-state index is 15.2. The molecule has 4 heterocycles. The average Bonchev–Trinajstić information content (AvgIpc) is 4.21. The van der Waals surface area contributed by atoms with Gasteiger partial charge in [-0.05, 0) is 129 Å². The maximum Gasteiger partial charge on any atom is 0.410 e. The molecule has 2 aromatic carbocycles. The van der Waals surface area contributed by atoms with Gasteiger partial charge in [0.15, 0.2) is 5.78 Å². The Hall–Kier alpha value is -7.06. The van der Waals surface area contributed by atoms with Crippen LogP contribution in [0, 0.1) is 17.6 Å². The van der Waals surface area contributed by atoms with E-state index in [2.05, 4.69) is 15.3 Å². The van der Waals surface area contributed by atoms with Gasteiger partial charge in [-0.25, -0.2) is 18.4 Å². The first-order valence-corrected chi connectivity index (χ1v) is 26.7. The zero-order valence-corrected chi connectivity index (χ0v) is 47.4. The minimum atomic E-state index is -1.06. The van der Waals surface area contributed by atoms with Crippen LogP contribution >= 0.6 is 0 Å². The number of aromatic amines is 2. The number of rotatable bonds is 18. The summed E-state index contributed by atoms with van der Waals surface area (Å²) in [5.41, 5.74) is 1.39. The molecule has 426 valence electrons. The number of benzene rings is 2. The summed E-state index contributed by atoms with van der Waals surface area (Å²) in [5, 5.41) is 4.01. The van der Waals surface area contributed by atoms with Crippen molar-refractivity contribution in [3.8, 4) is 11.4 Å². The van der Waals surface area contributed by atoms with Gasteiger partial charge in [0.05, 0.1) is 30.5 Å². The summed E-state index contributed by atoms with van der Waals surface area (Å²) in [4.78, 5) is 120. The fraction of sp³-hybridized carbons (Fsp3) is 0.579. The number of likely N-dealkylation sites (tertiary alicyclic amines) is 2. The Morgan fingerprint density at radius 3 is 1.49 bits per heavy atom. The zero-order valence-electron chi connectivity index (χ0n) is 47.4. The van der Waals surface area contributed by atoms with Crippen LogP contribution in [0.3, 0.4) is 0 Å². The minimum absolute atomic E-state index is 0.00913.